The molecule has 0 aliphatic heterocycles. The third kappa shape index (κ3) is 14.8. The summed E-state index contributed by atoms with van der Waals surface area (Å²) in [6, 6.07) is 67.2. The van der Waals surface area contributed by atoms with Gasteiger partial charge in [0, 0.05) is 102 Å². The van der Waals surface area contributed by atoms with Gasteiger partial charge in [0.25, 0.3) is 0 Å². The van der Waals surface area contributed by atoms with Crippen LogP contribution in [0.5, 0.6) is 0 Å². The maximum atomic E-state index is 7.98. The molecule has 440 valence electrons. The minimum absolute atomic E-state index is 0.134. The first-order valence-corrected chi connectivity index (χ1v) is 28.8. The van der Waals surface area contributed by atoms with Crippen molar-refractivity contribution in [3.05, 3.63) is 310 Å². The standard InChI is InChI=1S/C22H24N.2C21H22N.C20H20N/c1-15-12-22(23(5)14-18(15)4)21-13-20(16(2)11-17(21)3)19-9-7-6-8-10-19;1-15-10-11-19(18-8-6-5-7-9-18)13-20(15)21-12-16(2)17(3)14-22(21)4;1-15-10-11-21(22(4)14-15)20-13-19(16(2)12-17(20)3)18-8-6-5-7-9-18;1-15-13-16(2)19(20-11-7-8-12-21(20)3)14-18(15)17-9-5-4-6-10-17/h6-14H,1-5H3;2*5-14H,1-4H3;4-14H,1-3H3/q4*+1/i1D3,2D3,4D3;2D3,3D3;1D3,2D3;1D3. The molecule has 0 bridgehead atoms. The molecule has 0 spiro atoms. The summed E-state index contributed by atoms with van der Waals surface area (Å²) in [4.78, 5) is 0. The average molecular weight is 1180 g/mol. The lowest BCUT2D eigenvalue weighted by Gasteiger charge is -2.12. The lowest BCUT2D eigenvalue weighted by atomic mass is 9.93. The van der Waals surface area contributed by atoms with Crippen LogP contribution < -0.4 is 18.3 Å². The van der Waals surface area contributed by atoms with Crippen LogP contribution in [-0.4, -0.2) is 0 Å². The zero-order valence-electron chi connectivity index (χ0n) is 74.9. The van der Waals surface area contributed by atoms with E-state index in [1.54, 1.807) is 84.4 Å². The quantitative estimate of drug-likeness (QED) is 0.135. The summed E-state index contributed by atoms with van der Waals surface area (Å²) in [5.74, 6) is 0. The van der Waals surface area contributed by atoms with E-state index in [9.17, 15) is 0 Å². The third-order valence-corrected chi connectivity index (χ3v) is 15.5. The van der Waals surface area contributed by atoms with Crippen molar-refractivity contribution >= 4 is 0 Å². The molecule has 88 heavy (non-hydrogen) atoms. The maximum Gasteiger partial charge on any atom is 0.212 e. The predicted octanol–water partition coefficient (Wildman–Crippen LogP) is 19.1. The van der Waals surface area contributed by atoms with E-state index in [0.717, 1.165) is 78.1 Å². The lowest BCUT2D eigenvalue weighted by molar-refractivity contribution is -0.660. The van der Waals surface area contributed by atoms with Crippen LogP contribution in [0.3, 0.4) is 0 Å². The lowest BCUT2D eigenvalue weighted by Crippen LogP contribution is -2.31. The van der Waals surface area contributed by atoms with E-state index in [-0.39, 0.29) is 33.4 Å². The molecule has 0 radical (unpaired) electrons. The topological polar surface area (TPSA) is 15.5 Å². The summed E-state index contributed by atoms with van der Waals surface area (Å²) in [6.45, 7) is -11.6. The summed E-state index contributed by atoms with van der Waals surface area (Å²) >= 11 is 0. The SMILES string of the molecule is [2H]C([2H])([2H])c1cc(-c2cc(-c3ccccc3)ccc2C)[n+](C)cc1C([2H])([2H])[2H].[2H]C([2H])([2H])c1cc(C)c(-c2cc(C([2H])([2H])[2H])c(C([2H])([2H])[2H])c[n+]2C)cc1-c1ccccc1.[2H]C([2H])([2H])c1cc(C)c(-c2cccc[n+]2C)cc1-c1ccccc1.[2H]C([2H])([2H])c1ccc(-c2cc(-c3ccccc3)c(C([2H])([2H])[2H])cc2C)[n+](C)c1. The number of benzene rings is 8. The van der Waals surface area contributed by atoms with Crippen molar-refractivity contribution in [2.45, 2.75) is 82.5 Å². The highest BCUT2D eigenvalue weighted by molar-refractivity contribution is 5.79. The third-order valence-electron chi connectivity index (χ3n) is 15.5. The molecule has 4 nitrogen and oxygen atoms in total. The van der Waals surface area contributed by atoms with Gasteiger partial charge in [-0.3, -0.25) is 0 Å². The zero-order valence-corrected chi connectivity index (χ0v) is 50.9. The molecule has 0 saturated heterocycles. The number of aromatic nitrogens is 4. The van der Waals surface area contributed by atoms with Crippen molar-refractivity contribution in [1.29, 1.82) is 0 Å². The number of rotatable bonds is 8. The van der Waals surface area contributed by atoms with Crippen LogP contribution in [0.2, 0.25) is 0 Å². The minimum atomic E-state index is -2.62. The molecular weight excluding hydrogens is 1060 g/mol. The second-order valence-electron chi connectivity index (χ2n) is 21.9. The Morgan fingerprint density at radius 2 is 0.602 bits per heavy atom. The van der Waals surface area contributed by atoms with Crippen molar-refractivity contribution in [1.82, 2.24) is 0 Å². The Bertz CT molecular complexity index is 5350. The van der Waals surface area contributed by atoms with E-state index in [1.807, 2.05) is 208 Å². The fraction of sp³-hybridized carbons (Fsp3) is 0.190. The molecule has 0 amide bonds. The highest BCUT2D eigenvalue weighted by atomic mass is 14.9. The Morgan fingerprint density at radius 1 is 0.227 bits per heavy atom. The fourth-order valence-electron chi connectivity index (χ4n) is 10.8. The van der Waals surface area contributed by atoms with Gasteiger partial charge < -0.3 is 0 Å². The summed E-state index contributed by atoms with van der Waals surface area (Å²) < 4.78 is 195. The number of nitrogens with zero attached hydrogens (tertiary/aromatic N) is 4. The van der Waals surface area contributed by atoms with Gasteiger partial charge in [-0.15, -0.1) is 0 Å². The molecule has 0 unspecified atom stereocenters. The van der Waals surface area contributed by atoms with E-state index >= 15 is 0 Å². The number of hydrogen-bond acceptors (Lipinski definition) is 0. The van der Waals surface area contributed by atoms with Crippen LogP contribution in [0.25, 0.3) is 89.5 Å². The fourth-order valence-corrected chi connectivity index (χ4v) is 10.8. The average Bonchev–Trinajstić information content (AvgIpc) is 0.743. The van der Waals surface area contributed by atoms with Gasteiger partial charge in [-0.1, -0.05) is 152 Å². The highest BCUT2D eigenvalue weighted by Crippen LogP contribution is 2.35. The monoisotopic (exact) mass is 1180 g/mol. The van der Waals surface area contributed by atoms with Crippen LogP contribution >= 0.6 is 0 Å². The van der Waals surface area contributed by atoms with E-state index in [2.05, 4.69) is 0 Å². The Balaban J connectivity index is 0.000000172. The summed E-state index contributed by atoms with van der Waals surface area (Å²) in [6.07, 6.45) is 6.33. The van der Waals surface area contributed by atoms with Gasteiger partial charge >= 0.3 is 0 Å². The Labute approximate surface area is 559 Å². The van der Waals surface area contributed by atoms with Crippen molar-refractivity contribution in [2.75, 3.05) is 0 Å². The van der Waals surface area contributed by atoms with E-state index in [0.29, 0.717) is 44.8 Å². The first-order valence-electron chi connectivity index (χ1n) is 40.8. The Kier molecular flexibility index (Phi) is 12.4. The van der Waals surface area contributed by atoms with Gasteiger partial charge in [0.1, 0.15) is 28.2 Å². The molecule has 0 saturated carbocycles. The molecule has 4 heteroatoms. The van der Waals surface area contributed by atoms with Crippen molar-refractivity contribution in [2.24, 2.45) is 28.2 Å². The summed E-state index contributed by atoms with van der Waals surface area (Å²) in [7, 11) is 7.17. The van der Waals surface area contributed by atoms with Crippen LogP contribution in [-0.2, 0) is 28.2 Å². The largest absolute Gasteiger partial charge is 0.212 e. The van der Waals surface area contributed by atoms with E-state index in [1.165, 1.54) is 24.5 Å². The second-order valence-corrected chi connectivity index (χ2v) is 21.9. The second kappa shape index (κ2) is 28.3. The van der Waals surface area contributed by atoms with Gasteiger partial charge in [-0.25, -0.2) is 18.3 Å². The molecule has 0 aliphatic carbocycles. The Hall–Kier alpha value is -9.64. The van der Waals surface area contributed by atoms with E-state index in [4.69, 9.17) is 32.9 Å². The number of aryl methyl sites for hydroxylation is 16. The summed E-state index contributed by atoms with van der Waals surface area (Å²) in [5, 5.41) is 0. The van der Waals surface area contributed by atoms with Crippen molar-refractivity contribution < 1.29 is 51.2 Å². The normalized spacial score (nSPS) is 15.9. The van der Waals surface area contributed by atoms with Gasteiger partial charge in [0.05, 0.1) is 0 Å². The molecule has 12 rings (SSSR count). The van der Waals surface area contributed by atoms with Gasteiger partial charge in [-0.2, -0.15) is 0 Å². The summed E-state index contributed by atoms with van der Waals surface area (Å²) in [5.41, 5.74) is 16.7. The van der Waals surface area contributed by atoms with Crippen LogP contribution in [0, 0.1) is 82.5 Å². The molecule has 4 heterocycles. The maximum absolute atomic E-state index is 7.98. The van der Waals surface area contributed by atoms with Crippen LogP contribution in [0.15, 0.2) is 243 Å². The molecule has 4 aromatic heterocycles. The minimum Gasteiger partial charge on any atom is -0.201 e. The first kappa shape index (κ1) is 38.5. The van der Waals surface area contributed by atoms with Gasteiger partial charge in [-0.05, 0) is 213 Å². The first-order chi connectivity index (χ1) is 51.9. The number of pyridine rings is 4. The van der Waals surface area contributed by atoms with Gasteiger partial charge in [0.15, 0.2) is 24.8 Å². The van der Waals surface area contributed by atoms with Gasteiger partial charge in [0.2, 0.25) is 22.8 Å². The van der Waals surface area contributed by atoms with Crippen molar-refractivity contribution in [3.8, 4) is 89.5 Å². The zero-order chi connectivity index (χ0) is 82.8. The molecule has 12 aromatic rings. The van der Waals surface area contributed by atoms with Crippen LogP contribution in [0.4, 0.5) is 0 Å². The van der Waals surface area contributed by atoms with Crippen molar-refractivity contribution in [3.63, 3.8) is 0 Å². The molecular formula is C84H88N4+4. The Morgan fingerprint density at radius 3 is 1.00 bits per heavy atom. The smallest absolute Gasteiger partial charge is 0.201 e. The molecule has 0 N–H and O–H groups in total. The van der Waals surface area contributed by atoms with E-state index < -0.39 is 54.8 Å². The van der Waals surface area contributed by atoms with Crippen LogP contribution in [0.1, 0.15) is 99.7 Å². The predicted molar refractivity (Wildman–Crippen MR) is 371 cm³/mol. The molecule has 0 aliphatic rings. The number of hydrogen-bond donors (Lipinski definition) is 0. The molecule has 8 aromatic carbocycles. The highest BCUT2D eigenvalue weighted by Gasteiger charge is 2.20. The molecule has 0 fully saturated rings. The molecule has 0 atom stereocenters.